The molecule has 0 radical (unpaired) electrons. The summed E-state index contributed by atoms with van der Waals surface area (Å²) in [7, 11) is 1.59. The van der Waals surface area contributed by atoms with Gasteiger partial charge in [-0.1, -0.05) is 0 Å². The van der Waals surface area contributed by atoms with Crippen LogP contribution in [0.25, 0.3) is 0 Å². The maximum Gasteiger partial charge on any atom is 0.328 e. The Hall–Kier alpha value is -1.89. The molecule has 0 saturated heterocycles. The van der Waals surface area contributed by atoms with Crippen LogP contribution in [0.3, 0.4) is 0 Å². The monoisotopic (exact) mass is 241 g/mol. The molecule has 0 aliphatic heterocycles. The lowest BCUT2D eigenvalue weighted by Gasteiger charge is -2.16. The second-order valence-corrected chi connectivity index (χ2v) is 3.63. The summed E-state index contributed by atoms with van der Waals surface area (Å²) >= 11 is 0. The number of rotatable bonds is 5. The highest BCUT2D eigenvalue weighted by molar-refractivity contribution is 5.75. The number of H-pyrrole nitrogens is 1. The van der Waals surface area contributed by atoms with E-state index >= 15 is 0 Å². The Morgan fingerprint density at radius 1 is 1.53 bits per heavy atom. The average Bonchev–Trinajstić information content (AvgIpc) is 2.29. The van der Waals surface area contributed by atoms with Crippen LogP contribution in [0, 0.1) is 0 Å². The number of nitrogens with zero attached hydrogens (tertiary/aromatic N) is 2. The summed E-state index contributed by atoms with van der Waals surface area (Å²) in [5.74, 6) is -0.257. The van der Waals surface area contributed by atoms with E-state index in [0.29, 0.717) is 13.0 Å². The number of carbonyl (C=O) groups is 1. The van der Waals surface area contributed by atoms with Gasteiger partial charge in [0.15, 0.2) is 0 Å². The Morgan fingerprint density at radius 3 is 2.82 bits per heavy atom. The van der Waals surface area contributed by atoms with Crippen LogP contribution in [0.15, 0.2) is 21.9 Å². The van der Waals surface area contributed by atoms with Gasteiger partial charge >= 0.3 is 5.69 Å². The van der Waals surface area contributed by atoms with Crippen molar-refractivity contribution in [3.05, 3.63) is 33.1 Å². The molecule has 1 aromatic rings. The second-order valence-electron chi connectivity index (χ2n) is 3.63. The zero-order valence-electron chi connectivity index (χ0n) is 9.55. The molecule has 0 atom stereocenters. The van der Waals surface area contributed by atoms with Crippen molar-refractivity contribution in [2.75, 3.05) is 20.2 Å². The fourth-order valence-corrected chi connectivity index (χ4v) is 1.27. The Kier molecular flexibility index (Phi) is 4.65. The molecular weight excluding hydrogens is 226 g/mol. The number of aliphatic hydroxyl groups excluding tert-OH is 1. The van der Waals surface area contributed by atoms with E-state index in [9.17, 15) is 14.4 Å². The SMILES string of the molecule is CN(CCCO)C(=O)Cn1ccc(=O)[nH]c1=O. The third-order valence-corrected chi connectivity index (χ3v) is 2.28. The first kappa shape index (κ1) is 13.2. The van der Waals surface area contributed by atoms with Gasteiger partial charge in [-0.2, -0.15) is 0 Å². The number of aromatic amines is 1. The number of carbonyl (C=O) groups excluding carboxylic acids is 1. The maximum atomic E-state index is 11.6. The summed E-state index contributed by atoms with van der Waals surface area (Å²) in [5.41, 5.74) is -1.10. The summed E-state index contributed by atoms with van der Waals surface area (Å²) in [6.45, 7) is 0.307. The summed E-state index contributed by atoms with van der Waals surface area (Å²) in [6, 6.07) is 1.18. The van der Waals surface area contributed by atoms with Crippen LogP contribution in [-0.4, -0.2) is 45.7 Å². The molecule has 0 unspecified atom stereocenters. The highest BCUT2D eigenvalue weighted by atomic mass is 16.3. The number of nitrogens with one attached hydrogen (secondary N) is 1. The molecule has 0 spiro atoms. The number of likely N-dealkylation sites (N-methyl/N-ethyl adjacent to an activating group) is 1. The Morgan fingerprint density at radius 2 is 2.24 bits per heavy atom. The Balaban J connectivity index is 2.68. The lowest BCUT2D eigenvalue weighted by molar-refractivity contribution is -0.130. The molecule has 2 N–H and O–H groups in total. The maximum absolute atomic E-state index is 11.6. The molecule has 0 aliphatic carbocycles. The first-order chi connectivity index (χ1) is 8.04. The predicted octanol–water partition coefficient (Wildman–Crippen LogP) is -1.62. The van der Waals surface area contributed by atoms with Gasteiger partial charge < -0.3 is 10.0 Å². The van der Waals surface area contributed by atoms with Crippen LogP contribution in [-0.2, 0) is 11.3 Å². The fourth-order valence-electron chi connectivity index (χ4n) is 1.27. The number of aromatic nitrogens is 2. The van der Waals surface area contributed by atoms with E-state index < -0.39 is 11.2 Å². The molecule has 1 amide bonds. The molecule has 17 heavy (non-hydrogen) atoms. The van der Waals surface area contributed by atoms with Gasteiger partial charge in [0, 0.05) is 32.5 Å². The van der Waals surface area contributed by atoms with Crippen molar-refractivity contribution in [1.82, 2.24) is 14.5 Å². The molecule has 7 heteroatoms. The van der Waals surface area contributed by atoms with E-state index in [-0.39, 0.29) is 19.1 Å². The van der Waals surface area contributed by atoms with Gasteiger partial charge in [-0.05, 0) is 6.42 Å². The van der Waals surface area contributed by atoms with Crippen molar-refractivity contribution < 1.29 is 9.90 Å². The topological polar surface area (TPSA) is 95.4 Å². The molecule has 0 saturated carbocycles. The van der Waals surface area contributed by atoms with Crippen molar-refractivity contribution in [3.63, 3.8) is 0 Å². The molecule has 1 heterocycles. The number of hydrogen-bond acceptors (Lipinski definition) is 4. The number of hydrogen-bond donors (Lipinski definition) is 2. The van der Waals surface area contributed by atoms with Crippen molar-refractivity contribution >= 4 is 5.91 Å². The van der Waals surface area contributed by atoms with E-state index in [1.165, 1.54) is 17.2 Å². The number of amides is 1. The lowest BCUT2D eigenvalue weighted by atomic mass is 10.4. The Bertz CT molecular complexity index is 491. The van der Waals surface area contributed by atoms with Gasteiger partial charge in [-0.15, -0.1) is 0 Å². The van der Waals surface area contributed by atoms with E-state index in [2.05, 4.69) is 4.98 Å². The average molecular weight is 241 g/mol. The Labute approximate surface area is 97.3 Å². The summed E-state index contributed by atoms with van der Waals surface area (Å²) in [6.07, 6.45) is 1.77. The molecule has 1 rings (SSSR count). The van der Waals surface area contributed by atoms with Crippen molar-refractivity contribution in [2.45, 2.75) is 13.0 Å². The van der Waals surface area contributed by atoms with E-state index in [4.69, 9.17) is 5.11 Å². The largest absolute Gasteiger partial charge is 0.396 e. The quantitative estimate of drug-likeness (QED) is 0.647. The first-order valence-electron chi connectivity index (χ1n) is 5.19. The van der Waals surface area contributed by atoms with E-state index in [1.807, 2.05) is 0 Å². The molecule has 0 bridgehead atoms. The van der Waals surface area contributed by atoms with Crippen LogP contribution >= 0.6 is 0 Å². The van der Waals surface area contributed by atoms with Gasteiger partial charge in [0.2, 0.25) is 5.91 Å². The van der Waals surface area contributed by atoms with Crippen molar-refractivity contribution in [2.24, 2.45) is 0 Å². The van der Waals surface area contributed by atoms with Crippen LogP contribution in [0.2, 0.25) is 0 Å². The molecule has 0 aromatic carbocycles. The molecule has 94 valence electrons. The molecule has 0 aliphatic rings. The summed E-state index contributed by atoms with van der Waals surface area (Å²) < 4.78 is 1.12. The smallest absolute Gasteiger partial charge is 0.328 e. The zero-order chi connectivity index (χ0) is 12.8. The molecule has 0 fully saturated rings. The van der Waals surface area contributed by atoms with Crippen LogP contribution in [0.1, 0.15) is 6.42 Å². The van der Waals surface area contributed by atoms with E-state index in [1.54, 1.807) is 7.05 Å². The fraction of sp³-hybridized carbons (Fsp3) is 0.500. The van der Waals surface area contributed by atoms with E-state index in [0.717, 1.165) is 4.57 Å². The van der Waals surface area contributed by atoms with Crippen LogP contribution < -0.4 is 11.2 Å². The van der Waals surface area contributed by atoms with Crippen LogP contribution in [0.5, 0.6) is 0 Å². The molecule has 1 aromatic heterocycles. The minimum atomic E-state index is -0.610. The number of aliphatic hydroxyl groups is 1. The van der Waals surface area contributed by atoms with Crippen LogP contribution in [0.4, 0.5) is 0 Å². The third-order valence-electron chi connectivity index (χ3n) is 2.28. The minimum absolute atomic E-state index is 0.0101. The van der Waals surface area contributed by atoms with Crippen molar-refractivity contribution in [3.8, 4) is 0 Å². The zero-order valence-corrected chi connectivity index (χ0v) is 9.55. The van der Waals surface area contributed by atoms with Crippen molar-refractivity contribution in [1.29, 1.82) is 0 Å². The lowest BCUT2D eigenvalue weighted by Crippen LogP contribution is -2.36. The van der Waals surface area contributed by atoms with Gasteiger partial charge in [0.05, 0.1) is 0 Å². The molecule has 7 nitrogen and oxygen atoms in total. The summed E-state index contributed by atoms with van der Waals surface area (Å²) in [4.78, 5) is 37.3. The normalized spacial score (nSPS) is 10.2. The predicted molar refractivity (Wildman–Crippen MR) is 60.7 cm³/mol. The van der Waals surface area contributed by atoms with Gasteiger partial charge in [-0.3, -0.25) is 19.1 Å². The second kappa shape index (κ2) is 6.00. The highest BCUT2D eigenvalue weighted by Gasteiger charge is 2.09. The summed E-state index contributed by atoms with van der Waals surface area (Å²) in [5, 5.41) is 8.63. The highest BCUT2D eigenvalue weighted by Crippen LogP contribution is 1.90. The standard InChI is InChI=1S/C10H15N3O4/c1-12(4-2-6-14)9(16)7-13-5-3-8(15)11-10(13)17/h3,5,14H,2,4,6-7H2,1H3,(H,11,15,17). The van der Waals surface area contributed by atoms with Gasteiger partial charge in [-0.25, -0.2) is 4.79 Å². The van der Waals surface area contributed by atoms with Gasteiger partial charge in [0.1, 0.15) is 6.54 Å². The molecular formula is C10H15N3O4. The van der Waals surface area contributed by atoms with Gasteiger partial charge in [0.25, 0.3) is 5.56 Å². The third kappa shape index (κ3) is 3.87. The first-order valence-corrected chi connectivity index (χ1v) is 5.19. The minimum Gasteiger partial charge on any atom is -0.396 e.